The van der Waals surface area contributed by atoms with Crippen LogP contribution in [0, 0.1) is 0 Å². The number of allylic oxidation sites excluding steroid dienone is 2. The van der Waals surface area contributed by atoms with Crippen molar-refractivity contribution in [3.63, 3.8) is 0 Å². The van der Waals surface area contributed by atoms with Gasteiger partial charge in [-0.1, -0.05) is 0 Å². The summed E-state index contributed by atoms with van der Waals surface area (Å²) in [5.41, 5.74) is 1.43. The summed E-state index contributed by atoms with van der Waals surface area (Å²) in [6, 6.07) is -0.0583. The van der Waals surface area contributed by atoms with Crippen molar-refractivity contribution in [2.45, 2.75) is 18.6 Å². The van der Waals surface area contributed by atoms with E-state index in [1.54, 1.807) is 17.1 Å². The Bertz CT molecular complexity index is 485. The minimum absolute atomic E-state index is 0.0583. The van der Waals surface area contributed by atoms with Crippen LogP contribution >= 0.6 is 0 Å². The number of nitrogens with one attached hydrogen (secondary N) is 1. The Balaban J connectivity index is 1.80. The lowest BCUT2D eigenvalue weighted by Crippen LogP contribution is -2.48. The number of nitrogens with zero attached hydrogens (tertiary/aromatic N) is 1. The van der Waals surface area contributed by atoms with Gasteiger partial charge in [0.2, 0.25) is 5.91 Å². The summed E-state index contributed by atoms with van der Waals surface area (Å²) in [5.74, 6) is -0.461. The molecule has 0 bridgehead atoms. The summed E-state index contributed by atoms with van der Waals surface area (Å²) in [4.78, 5) is 24.4. The molecule has 0 saturated carbocycles. The van der Waals surface area contributed by atoms with Crippen molar-refractivity contribution < 1.29 is 24.2 Å². The van der Waals surface area contributed by atoms with E-state index in [4.69, 9.17) is 14.6 Å². The lowest BCUT2D eigenvalue weighted by molar-refractivity contribution is -0.123. The van der Waals surface area contributed by atoms with Gasteiger partial charge < -0.3 is 19.9 Å². The van der Waals surface area contributed by atoms with Crippen LogP contribution < -0.4 is 5.32 Å². The molecule has 2 atom stereocenters. The molecule has 0 radical (unpaired) electrons. The van der Waals surface area contributed by atoms with Gasteiger partial charge in [-0.2, -0.15) is 0 Å². The largest absolute Gasteiger partial charge is 0.447 e. The molecule has 3 aliphatic rings. The topological polar surface area (TPSA) is 88.1 Å². The van der Waals surface area contributed by atoms with Crippen molar-refractivity contribution in [2.75, 3.05) is 19.8 Å². The van der Waals surface area contributed by atoms with Crippen molar-refractivity contribution in [1.29, 1.82) is 0 Å². The number of hydrogen-bond donors (Lipinski definition) is 2. The molecule has 19 heavy (non-hydrogen) atoms. The van der Waals surface area contributed by atoms with E-state index in [0.717, 1.165) is 5.70 Å². The lowest BCUT2D eigenvalue weighted by Gasteiger charge is -2.37. The zero-order valence-corrected chi connectivity index (χ0v) is 10.2. The number of ether oxygens (including phenoxy) is 2. The van der Waals surface area contributed by atoms with Gasteiger partial charge in [-0.3, -0.25) is 9.69 Å². The first-order valence-electron chi connectivity index (χ1n) is 6.08. The van der Waals surface area contributed by atoms with Crippen LogP contribution in [0.2, 0.25) is 0 Å². The summed E-state index contributed by atoms with van der Waals surface area (Å²) in [5, 5.41) is 11.3. The highest BCUT2D eigenvalue weighted by Crippen LogP contribution is 2.32. The Morgan fingerprint density at radius 3 is 3.11 bits per heavy atom. The highest BCUT2D eigenvalue weighted by atomic mass is 16.6. The number of amides is 2. The van der Waals surface area contributed by atoms with Crippen molar-refractivity contribution in [3.05, 3.63) is 23.5 Å². The van der Waals surface area contributed by atoms with Gasteiger partial charge in [-0.15, -0.1) is 0 Å². The number of rotatable bonds is 2. The maximum Gasteiger partial charge on any atom is 0.414 e. The predicted molar refractivity (Wildman–Crippen MR) is 62.7 cm³/mol. The smallest absolute Gasteiger partial charge is 0.414 e. The summed E-state index contributed by atoms with van der Waals surface area (Å²) < 4.78 is 10.7. The number of cyclic esters (lactones) is 1. The number of morpholine rings is 1. The fourth-order valence-electron chi connectivity index (χ4n) is 2.48. The second-order valence-electron chi connectivity index (χ2n) is 4.62. The molecule has 2 saturated heterocycles. The minimum Gasteiger partial charge on any atom is -0.447 e. The Labute approximate surface area is 109 Å². The molecule has 0 aromatic rings. The van der Waals surface area contributed by atoms with Crippen molar-refractivity contribution in [3.8, 4) is 0 Å². The average Bonchev–Trinajstić information content (AvgIpc) is 2.80. The van der Waals surface area contributed by atoms with Crippen LogP contribution in [0.3, 0.4) is 0 Å². The highest BCUT2D eigenvalue weighted by molar-refractivity contribution is 5.79. The van der Waals surface area contributed by atoms with E-state index >= 15 is 0 Å². The van der Waals surface area contributed by atoms with E-state index in [-0.39, 0.29) is 18.2 Å². The summed E-state index contributed by atoms with van der Waals surface area (Å²) in [6.07, 6.45) is 3.33. The average molecular weight is 266 g/mol. The van der Waals surface area contributed by atoms with Crippen molar-refractivity contribution >= 4 is 12.0 Å². The molecule has 7 heteroatoms. The standard InChI is InChI=1S/C12H14N2O5/c15-4-11(16)13-7-1-2-9-10(3-7)18-5-8-6-19-12(17)14(8)9/h1-2,8,10,15H,3-6H2,(H,13,16)/t8-,10?/m0/s1. The Morgan fingerprint density at radius 1 is 1.47 bits per heavy atom. The van der Waals surface area contributed by atoms with Crippen LogP contribution in [0.1, 0.15) is 6.42 Å². The molecule has 0 aromatic carbocycles. The molecule has 1 unspecified atom stereocenters. The maximum absolute atomic E-state index is 11.7. The number of carbonyl (C=O) groups is 2. The summed E-state index contributed by atoms with van der Waals surface area (Å²) in [6.45, 7) is 0.218. The molecular formula is C12H14N2O5. The predicted octanol–water partition coefficient (Wildman–Crippen LogP) is -0.514. The van der Waals surface area contributed by atoms with Gasteiger partial charge in [0.25, 0.3) is 0 Å². The number of aliphatic hydroxyl groups excluding tert-OH is 1. The molecule has 2 N–H and O–H groups in total. The van der Waals surface area contributed by atoms with E-state index in [1.165, 1.54) is 0 Å². The van der Waals surface area contributed by atoms with Gasteiger partial charge in [0.05, 0.1) is 18.3 Å². The Hall–Kier alpha value is -1.86. The van der Waals surface area contributed by atoms with E-state index in [9.17, 15) is 9.59 Å². The molecule has 7 nitrogen and oxygen atoms in total. The monoisotopic (exact) mass is 266 g/mol. The van der Waals surface area contributed by atoms with Gasteiger partial charge in [0, 0.05) is 12.1 Å². The first kappa shape index (κ1) is 12.2. The highest BCUT2D eigenvalue weighted by Gasteiger charge is 2.43. The second kappa shape index (κ2) is 4.67. The molecule has 2 fully saturated rings. The third kappa shape index (κ3) is 2.11. The van der Waals surface area contributed by atoms with Gasteiger partial charge >= 0.3 is 6.09 Å². The van der Waals surface area contributed by atoms with Crippen molar-refractivity contribution in [1.82, 2.24) is 10.2 Å². The fraction of sp³-hybridized carbons (Fsp3) is 0.500. The summed E-state index contributed by atoms with van der Waals surface area (Å²) in [7, 11) is 0. The number of aliphatic hydroxyl groups is 1. The molecular weight excluding hydrogens is 252 g/mol. The van der Waals surface area contributed by atoms with Crippen LogP contribution in [-0.2, 0) is 14.3 Å². The van der Waals surface area contributed by atoms with Gasteiger partial charge in [0.1, 0.15) is 19.3 Å². The minimum atomic E-state index is -0.556. The first-order chi connectivity index (χ1) is 9.19. The van der Waals surface area contributed by atoms with Gasteiger partial charge in [-0.05, 0) is 12.2 Å². The SMILES string of the molecule is O=C(CO)NC1=CC=C2C(C1)OC[C@H]1COC(=O)N21. The second-order valence-corrected chi connectivity index (χ2v) is 4.62. The third-order valence-electron chi connectivity index (χ3n) is 3.36. The van der Waals surface area contributed by atoms with Crippen LogP contribution in [-0.4, -0.2) is 54.0 Å². The molecule has 0 spiro atoms. The number of hydrogen-bond acceptors (Lipinski definition) is 5. The molecule has 3 rings (SSSR count). The van der Waals surface area contributed by atoms with Gasteiger partial charge in [-0.25, -0.2) is 4.79 Å². The van der Waals surface area contributed by atoms with Crippen LogP contribution in [0.25, 0.3) is 0 Å². The lowest BCUT2D eigenvalue weighted by atomic mass is 10.0. The van der Waals surface area contributed by atoms with Crippen LogP contribution in [0.4, 0.5) is 4.79 Å². The normalized spacial score (nSPS) is 28.9. The van der Waals surface area contributed by atoms with E-state index in [0.29, 0.717) is 25.3 Å². The number of carbonyl (C=O) groups excluding carboxylic acids is 2. The number of fused-ring (bicyclic) bond motifs is 3. The molecule has 2 heterocycles. The Kier molecular flexibility index (Phi) is 3.00. The fourth-order valence-corrected chi connectivity index (χ4v) is 2.48. The zero-order chi connectivity index (χ0) is 13.4. The van der Waals surface area contributed by atoms with E-state index < -0.39 is 12.5 Å². The van der Waals surface area contributed by atoms with Crippen LogP contribution in [0.15, 0.2) is 23.5 Å². The van der Waals surface area contributed by atoms with Gasteiger partial charge in [0.15, 0.2) is 0 Å². The molecule has 0 aromatic heterocycles. The van der Waals surface area contributed by atoms with E-state index in [1.807, 2.05) is 0 Å². The molecule has 1 aliphatic carbocycles. The van der Waals surface area contributed by atoms with E-state index in [2.05, 4.69) is 5.32 Å². The first-order valence-corrected chi connectivity index (χ1v) is 6.08. The van der Waals surface area contributed by atoms with Crippen molar-refractivity contribution in [2.24, 2.45) is 0 Å². The molecule has 2 aliphatic heterocycles. The summed E-state index contributed by atoms with van der Waals surface area (Å²) >= 11 is 0. The maximum atomic E-state index is 11.7. The molecule has 102 valence electrons. The molecule has 2 amide bonds. The quantitative estimate of drug-likeness (QED) is 0.702. The zero-order valence-electron chi connectivity index (χ0n) is 10.2. The Morgan fingerprint density at radius 2 is 2.32 bits per heavy atom. The van der Waals surface area contributed by atoms with Crippen LogP contribution in [0.5, 0.6) is 0 Å². The third-order valence-corrected chi connectivity index (χ3v) is 3.36.